The standard InChI is InChI=1S/C21H24BrN3O2/c1-27-20-5-3-2-4-18(20)14-23-24-21(26)17-10-12-25(13-11-17)15-16-6-8-19(22)9-7-16/h2-9,14,17H,10-13,15H2,1H3,(H,24,26)/b23-14-. The summed E-state index contributed by atoms with van der Waals surface area (Å²) >= 11 is 3.46. The van der Waals surface area contributed by atoms with Gasteiger partial charge in [0.1, 0.15) is 5.75 Å². The number of ether oxygens (including phenoxy) is 1. The van der Waals surface area contributed by atoms with E-state index in [0.717, 1.165) is 48.3 Å². The lowest BCUT2D eigenvalue weighted by atomic mass is 9.96. The predicted octanol–water partition coefficient (Wildman–Crippen LogP) is 3.82. The molecule has 1 N–H and O–H groups in total. The first kappa shape index (κ1) is 19.6. The van der Waals surface area contributed by atoms with Crippen LogP contribution in [0.1, 0.15) is 24.0 Å². The average Bonchev–Trinajstić information content (AvgIpc) is 2.70. The normalized spacial score (nSPS) is 15.8. The van der Waals surface area contributed by atoms with Gasteiger partial charge in [-0.15, -0.1) is 0 Å². The molecular formula is C21H24BrN3O2. The third kappa shape index (κ3) is 5.65. The fourth-order valence-corrected chi connectivity index (χ4v) is 3.50. The quantitative estimate of drug-likeness (QED) is 0.560. The number of hydrazone groups is 1. The second-order valence-electron chi connectivity index (χ2n) is 6.65. The molecule has 1 heterocycles. The van der Waals surface area contributed by atoms with Gasteiger partial charge in [0, 0.05) is 22.5 Å². The van der Waals surface area contributed by atoms with E-state index in [2.05, 4.69) is 55.6 Å². The molecule has 142 valence electrons. The lowest BCUT2D eigenvalue weighted by molar-refractivity contribution is -0.126. The van der Waals surface area contributed by atoms with Crippen molar-refractivity contribution in [3.8, 4) is 5.75 Å². The van der Waals surface area contributed by atoms with Gasteiger partial charge in [-0.05, 0) is 55.8 Å². The van der Waals surface area contributed by atoms with Gasteiger partial charge in [0.15, 0.2) is 0 Å². The van der Waals surface area contributed by atoms with Gasteiger partial charge >= 0.3 is 0 Å². The first-order valence-electron chi connectivity index (χ1n) is 9.08. The highest BCUT2D eigenvalue weighted by molar-refractivity contribution is 9.10. The molecule has 1 fully saturated rings. The molecule has 0 radical (unpaired) electrons. The number of nitrogens with one attached hydrogen (secondary N) is 1. The van der Waals surface area contributed by atoms with Crippen molar-refractivity contribution in [2.75, 3.05) is 20.2 Å². The molecule has 0 saturated carbocycles. The fraction of sp³-hybridized carbons (Fsp3) is 0.333. The number of rotatable bonds is 6. The van der Waals surface area contributed by atoms with E-state index in [9.17, 15) is 4.79 Å². The molecule has 0 aromatic heterocycles. The molecule has 0 spiro atoms. The van der Waals surface area contributed by atoms with Crippen molar-refractivity contribution in [2.45, 2.75) is 19.4 Å². The van der Waals surface area contributed by atoms with Crippen LogP contribution in [-0.2, 0) is 11.3 Å². The molecule has 0 unspecified atom stereocenters. The Kier molecular flexibility index (Phi) is 7.01. The topological polar surface area (TPSA) is 53.9 Å². The highest BCUT2D eigenvalue weighted by atomic mass is 79.9. The minimum atomic E-state index is -0.00978. The maximum atomic E-state index is 12.4. The molecule has 2 aromatic carbocycles. The average molecular weight is 430 g/mol. The maximum absolute atomic E-state index is 12.4. The number of carbonyl (C=O) groups excluding carboxylic acids is 1. The molecule has 6 heteroatoms. The van der Waals surface area contributed by atoms with Crippen LogP contribution in [0.3, 0.4) is 0 Å². The summed E-state index contributed by atoms with van der Waals surface area (Å²) in [5.74, 6) is 0.738. The first-order chi connectivity index (χ1) is 13.2. The second-order valence-corrected chi connectivity index (χ2v) is 7.57. The zero-order valence-corrected chi connectivity index (χ0v) is 17.0. The molecule has 0 bridgehead atoms. The monoisotopic (exact) mass is 429 g/mol. The zero-order valence-electron chi connectivity index (χ0n) is 15.4. The second kappa shape index (κ2) is 9.67. The number of benzene rings is 2. The molecule has 2 aromatic rings. The van der Waals surface area contributed by atoms with Crippen LogP contribution >= 0.6 is 15.9 Å². The molecule has 5 nitrogen and oxygen atoms in total. The molecule has 1 aliphatic rings. The zero-order chi connectivity index (χ0) is 19.1. The van der Waals surface area contributed by atoms with Crippen molar-refractivity contribution in [1.29, 1.82) is 0 Å². The molecule has 27 heavy (non-hydrogen) atoms. The van der Waals surface area contributed by atoms with Gasteiger partial charge in [-0.2, -0.15) is 5.10 Å². The van der Waals surface area contributed by atoms with Crippen LogP contribution in [0, 0.1) is 5.92 Å². The number of hydrogen-bond donors (Lipinski definition) is 1. The van der Waals surface area contributed by atoms with Crippen LogP contribution in [0.15, 0.2) is 58.1 Å². The molecule has 1 saturated heterocycles. The van der Waals surface area contributed by atoms with Gasteiger partial charge in [-0.1, -0.05) is 40.2 Å². The Labute approximate surface area is 168 Å². The van der Waals surface area contributed by atoms with E-state index < -0.39 is 0 Å². The SMILES string of the molecule is COc1ccccc1/C=N\NC(=O)C1CCN(Cc2ccc(Br)cc2)CC1. The molecule has 1 aliphatic heterocycles. The van der Waals surface area contributed by atoms with E-state index in [1.165, 1.54) is 5.56 Å². The van der Waals surface area contributed by atoms with Crippen LogP contribution in [0.25, 0.3) is 0 Å². The minimum absolute atomic E-state index is 0.00978. The van der Waals surface area contributed by atoms with E-state index >= 15 is 0 Å². The van der Waals surface area contributed by atoms with E-state index in [1.54, 1.807) is 13.3 Å². The minimum Gasteiger partial charge on any atom is -0.496 e. The summed E-state index contributed by atoms with van der Waals surface area (Å²) in [7, 11) is 1.62. The number of piperidine rings is 1. The number of methoxy groups -OCH3 is 1. The van der Waals surface area contributed by atoms with Gasteiger partial charge < -0.3 is 4.74 Å². The highest BCUT2D eigenvalue weighted by Gasteiger charge is 2.24. The third-order valence-electron chi connectivity index (χ3n) is 4.80. The van der Waals surface area contributed by atoms with Crippen molar-refractivity contribution < 1.29 is 9.53 Å². The van der Waals surface area contributed by atoms with E-state index in [0.29, 0.717) is 0 Å². The fourth-order valence-electron chi connectivity index (χ4n) is 3.23. The summed E-state index contributed by atoms with van der Waals surface area (Å²) in [6.07, 6.45) is 3.33. The third-order valence-corrected chi connectivity index (χ3v) is 5.32. The lowest BCUT2D eigenvalue weighted by Gasteiger charge is -2.30. The van der Waals surface area contributed by atoms with Gasteiger partial charge in [0.2, 0.25) is 5.91 Å². The predicted molar refractivity (Wildman–Crippen MR) is 111 cm³/mol. The van der Waals surface area contributed by atoms with Crippen molar-refractivity contribution in [1.82, 2.24) is 10.3 Å². The largest absolute Gasteiger partial charge is 0.496 e. The van der Waals surface area contributed by atoms with Crippen LogP contribution in [0.2, 0.25) is 0 Å². The Balaban J connectivity index is 1.45. The number of nitrogens with zero attached hydrogens (tertiary/aromatic N) is 2. The molecular weight excluding hydrogens is 406 g/mol. The number of hydrogen-bond acceptors (Lipinski definition) is 4. The summed E-state index contributed by atoms with van der Waals surface area (Å²) in [6.45, 7) is 2.77. The van der Waals surface area contributed by atoms with Gasteiger partial charge in [-0.3, -0.25) is 9.69 Å². The van der Waals surface area contributed by atoms with Crippen LogP contribution < -0.4 is 10.2 Å². The van der Waals surface area contributed by atoms with E-state index in [-0.39, 0.29) is 11.8 Å². The molecule has 1 amide bonds. The highest BCUT2D eigenvalue weighted by Crippen LogP contribution is 2.20. The number of carbonyl (C=O) groups is 1. The Morgan fingerprint density at radius 1 is 1.22 bits per heavy atom. The smallest absolute Gasteiger partial charge is 0.243 e. The number of halogens is 1. The summed E-state index contributed by atoms with van der Waals surface area (Å²) in [4.78, 5) is 14.8. The van der Waals surface area contributed by atoms with Gasteiger partial charge in [0.05, 0.1) is 13.3 Å². The van der Waals surface area contributed by atoms with Crippen molar-refractivity contribution in [2.24, 2.45) is 11.0 Å². The first-order valence-corrected chi connectivity index (χ1v) is 9.88. The van der Waals surface area contributed by atoms with E-state index in [4.69, 9.17) is 4.74 Å². The Morgan fingerprint density at radius 2 is 1.93 bits per heavy atom. The summed E-state index contributed by atoms with van der Waals surface area (Å²) < 4.78 is 6.37. The van der Waals surface area contributed by atoms with E-state index in [1.807, 2.05) is 24.3 Å². The molecule has 3 rings (SSSR count). The van der Waals surface area contributed by atoms with Gasteiger partial charge in [-0.25, -0.2) is 5.43 Å². The maximum Gasteiger partial charge on any atom is 0.243 e. The number of likely N-dealkylation sites (tertiary alicyclic amines) is 1. The van der Waals surface area contributed by atoms with Crippen LogP contribution in [0.5, 0.6) is 5.75 Å². The molecule has 0 aliphatic carbocycles. The Bertz CT molecular complexity index is 784. The molecule has 0 atom stereocenters. The number of para-hydroxylation sites is 1. The Morgan fingerprint density at radius 3 is 2.63 bits per heavy atom. The van der Waals surface area contributed by atoms with Crippen LogP contribution in [0.4, 0.5) is 0 Å². The number of amides is 1. The Hall–Kier alpha value is -2.18. The van der Waals surface area contributed by atoms with Crippen LogP contribution in [-0.4, -0.2) is 37.2 Å². The van der Waals surface area contributed by atoms with Crippen molar-refractivity contribution in [3.05, 3.63) is 64.1 Å². The summed E-state index contributed by atoms with van der Waals surface area (Å²) in [5.41, 5.74) is 4.81. The van der Waals surface area contributed by atoms with Gasteiger partial charge in [0.25, 0.3) is 0 Å². The summed E-state index contributed by atoms with van der Waals surface area (Å²) in [6, 6.07) is 16.0. The van der Waals surface area contributed by atoms with Crippen molar-refractivity contribution in [3.63, 3.8) is 0 Å². The van der Waals surface area contributed by atoms with Crippen molar-refractivity contribution >= 4 is 28.1 Å². The summed E-state index contributed by atoms with van der Waals surface area (Å²) in [5, 5.41) is 4.10. The lowest BCUT2D eigenvalue weighted by Crippen LogP contribution is -2.39.